The minimum absolute atomic E-state index is 0.279. The molecule has 1 aliphatic rings. The number of benzene rings is 1. The molecule has 1 aromatic carbocycles. The fraction of sp³-hybridized carbons (Fsp3) is 0.348. The molecule has 2 N–H and O–H groups in total. The lowest BCUT2D eigenvalue weighted by Gasteiger charge is -2.34. The first-order valence-electron chi connectivity index (χ1n) is 10.4. The molecular weight excluding hydrogens is 376 g/mol. The van der Waals surface area contributed by atoms with E-state index in [0.717, 1.165) is 54.5 Å². The van der Waals surface area contributed by atoms with E-state index < -0.39 is 6.10 Å². The Morgan fingerprint density at radius 3 is 2.90 bits per heavy atom. The van der Waals surface area contributed by atoms with Crippen molar-refractivity contribution in [3.63, 3.8) is 0 Å². The number of nitrogens with zero attached hydrogens (tertiary/aromatic N) is 5. The molecule has 0 aliphatic carbocycles. The average Bonchev–Trinajstić information content (AvgIpc) is 3.38. The van der Waals surface area contributed by atoms with Crippen LogP contribution in [0.15, 0.2) is 42.7 Å². The highest BCUT2D eigenvalue weighted by Crippen LogP contribution is 2.34. The molecule has 0 amide bonds. The van der Waals surface area contributed by atoms with E-state index in [2.05, 4.69) is 31.6 Å². The SMILES string of the molecule is CC(O)c1nc2cnc3[nH]ccc3c2n1C1CCN(Cc2cccc(C#N)c2)CC1. The Balaban J connectivity index is 1.42. The number of likely N-dealkylation sites (tertiary alicyclic amines) is 1. The topological polar surface area (TPSA) is 93.8 Å². The molecule has 7 heteroatoms. The zero-order chi connectivity index (χ0) is 20.7. The van der Waals surface area contributed by atoms with Crippen molar-refractivity contribution in [2.75, 3.05) is 13.1 Å². The molecule has 1 atom stereocenters. The van der Waals surface area contributed by atoms with Gasteiger partial charge in [0.2, 0.25) is 0 Å². The molecule has 5 rings (SSSR count). The van der Waals surface area contributed by atoms with Gasteiger partial charge in [-0.1, -0.05) is 12.1 Å². The monoisotopic (exact) mass is 400 g/mol. The lowest BCUT2D eigenvalue weighted by Crippen LogP contribution is -2.34. The third kappa shape index (κ3) is 3.24. The molecule has 1 saturated heterocycles. The van der Waals surface area contributed by atoms with Crippen LogP contribution in [0, 0.1) is 11.3 Å². The van der Waals surface area contributed by atoms with Gasteiger partial charge in [0.15, 0.2) is 0 Å². The van der Waals surface area contributed by atoms with E-state index in [9.17, 15) is 5.11 Å². The van der Waals surface area contributed by atoms with Gasteiger partial charge in [0.25, 0.3) is 0 Å². The normalized spacial score (nSPS) is 16.8. The summed E-state index contributed by atoms with van der Waals surface area (Å²) in [4.78, 5) is 14.8. The smallest absolute Gasteiger partial charge is 0.139 e. The summed E-state index contributed by atoms with van der Waals surface area (Å²) in [7, 11) is 0. The summed E-state index contributed by atoms with van der Waals surface area (Å²) >= 11 is 0. The number of hydrogen-bond donors (Lipinski definition) is 2. The maximum atomic E-state index is 10.4. The number of nitrogens with one attached hydrogen (secondary N) is 1. The van der Waals surface area contributed by atoms with Crippen LogP contribution >= 0.6 is 0 Å². The molecule has 0 saturated carbocycles. The number of nitriles is 1. The van der Waals surface area contributed by atoms with Gasteiger partial charge in [-0.3, -0.25) is 4.90 Å². The summed E-state index contributed by atoms with van der Waals surface area (Å²) in [5, 5.41) is 20.6. The van der Waals surface area contributed by atoms with Gasteiger partial charge in [-0.2, -0.15) is 5.26 Å². The van der Waals surface area contributed by atoms with Crippen LogP contribution in [-0.4, -0.2) is 42.6 Å². The van der Waals surface area contributed by atoms with E-state index in [1.165, 1.54) is 5.56 Å². The van der Waals surface area contributed by atoms with Gasteiger partial charge in [0.05, 0.1) is 23.3 Å². The summed E-state index contributed by atoms with van der Waals surface area (Å²) in [6, 6.07) is 12.4. The second kappa shape index (κ2) is 7.56. The van der Waals surface area contributed by atoms with Crippen LogP contribution in [0.3, 0.4) is 0 Å². The largest absolute Gasteiger partial charge is 0.385 e. The summed E-state index contributed by atoms with van der Waals surface area (Å²) in [6.45, 7) is 4.54. The number of aromatic amines is 1. The van der Waals surface area contributed by atoms with Gasteiger partial charge < -0.3 is 14.7 Å². The van der Waals surface area contributed by atoms with Crippen molar-refractivity contribution in [2.24, 2.45) is 0 Å². The fourth-order valence-electron chi connectivity index (χ4n) is 4.61. The van der Waals surface area contributed by atoms with Crippen LogP contribution in [0.1, 0.15) is 48.9 Å². The van der Waals surface area contributed by atoms with Crippen LogP contribution in [0.25, 0.3) is 22.1 Å². The molecule has 4 aromatic rings. The van der Waals surface area contributed by atoms with E-state index in [1.54, 1.807) is 13.1 Å². The quantitative estimate of drug-likeness (QED) is 0.545. The standard InChI is InChI=1S/C23H24N6O/c1-15(30)23-27-20-13-26-22-19(5-8-25-22)21(20)29(23)18-6-9-28(10-7-18)14-17-4-2-3-16(11-17)12-24/h2-5,8,11,13,15,18,30H,6-7,9-10,14H2,1H3,(H,25,26). The molecule has 152 valence electrons. The summed E-state index contributed by atoms with van der Waals surface area (Å²) < 4.78 is 2.24. The average molecular weight is 400 g/mol. The van der Waals surface area contributed by atoms with Crippen molar-refractivity contribution >= 4 is 22.1 Å². The van der Waals surface area contributed by atoms with Gasteiger partial charge in [-0.05, 0) is 43.5 Å². The van der Waals surface area contributed by atoms with Crippen LogP contribution in [0.5, 0.6) is 0 Å². The molecule has 4 heterocycles. The molecular formula is C23H24N6O. The molecule has 1 unspecified atom stereocenters. The molecule has 3 aromatic heterocycles. The zero-order valence-electron chi connectivity index (χ0n) is 16.9. The Bertz CT molecular complexity index is 1240. The first-order valence-corrected chi connectivity index (χ1v) is 10.4. The van der Waals surface area contributed by atoms with Gasteiger partial charge >= 0.3 is 0 Å². The number of aliphatic hydroxyl groups excluding tert-OH is 1. The highest BCUT2D eigenvalue weighted by Gasteiger charge is 2.27. The second-order valence-electron chi connectivity index (χ2n) is 8.07. The molecule has 1 aliphatic heterocycles. The summed E-state index contributed by atoms with van der Waals surface area (Å²) in [5.41, 5.74) is 4.60. The van der Waals surface area contributed by atoms with Gasteiger partial charge in [0, 0.05) is 37.3 Å². The molecule has 0 radical (unpaired) electrons. The lowest BCUT2D eigenvalue weighted by molar-refractivity contribution is 0.157. The minimum Gasteiger partial charge on any atom is -0.385 e. The van der Waals surface area contributed by atoms with Crippen molar-refractivity contribution in [3.05, 3.63) is 59.7 Å². The Kier molecular flexibility index (Phi) is 4.74. The van der Waals surface area contributed by atoms with Crippen molar-refractivity contribution in [3.8, 4) is 6.07 Å². The van der Waals surface area contributed by atoms with E-state index in [1.807, 2.05) is 30.5 Å². The van der Waals surface area contributed by atoms with E-state index in [4.69, 9.17) is 10.2 Å². The zero-order valence-corrected chi connectivity index (χ0v) is 16.9. The molecule has 30 heavy (non-hydrogen) atoms. The minimum atomic E-state index is -0.641. The number of aromatic nitrogens is 4. The second-order valence-corrected chi connectivity index (χ2v) is 8.07. The number of aliphatic hydroxyl groups is 1. The van der Waals surface area contributed by atoms with E-state index >= 15 is 0 Å². The number of piperidine rings is 1. The molecule has 7 nitrogen and oxygen atoms in total. The molecule has 0 spiro atoms. The van der Waals surface area contributed by atoms with Crippen molar-refractivity contribution in [1.29, 1.82) is 5.26 Å². The third-order valence-electron chi connectivity index (χ3n) is 6.02. The Morgan fingerprint density at radius 2 is 2.13 bits per heavy atom. The van der Waals surface area contributed by atoms with Crippen LogP contribution in [0.2, 0.25) is 0 Å². The number of H-pyrrole nitrogens is 1. The first-order chi connectivity index (χ1) is 14.6. The summed E-state index contributed by atoms with van der Waals surface area (Å²) in [6.07, 6.45) is 5.01. The fourth-order valence-corrected chi connectivity index (χ4v) is 4.61. The van der Waals surface area contributed by atoms with Crippen molar-refractivity contribution < 1.29 is 5.11 Å². The first kappa shape index (κ1) is 18.8. The molecule has 0 bridgehead atoms. The van der Waals surface area contributed by atoms with E-state index in [-0.39, 0.29) is 6.04 Å². The van der Waals surface area contributed by atoms with Crippen LogP contribution < -0.4 is 0 Å². The Morgan fingerprint density at radius 1 is 1.30 bits per heavy atom. The number of pyridine rings is 1. The highest BCUT2D eigenvalue weighted by atomic mass is 16.3. The number of hydrogen-bond acceptors (Lipinski definition) is 5. The number of imidazole rings is 1. The van der Waals surface area contributed by atoms with Crippen molar-refractivity contribution in [1.82, 2.24) is 24.4 Å². The van der Waals surface area contributed by atoms with Crippen LogP contribution in [-0.2, 0) is 6.54 Å². The maximum absolute atomic E-state index is 10.4. The third-order valence-corrected chi connectivity index (χ3v) is 6.02. The predicted molar refractivity (Wildman–Crippen MR) is 115 cm³/mol. The van der Waals surface area contributed by atoms with Gasteiger partial charge in [-0.25, -0.2) is 9.97 Å². The lowest BCUT2D eigenvalue weighted by atomic mass is 10.0. The number of fused-ring (bicyclic) bond motifs is 3. The number of rotatable bonds is 4. The van der Waals surface area contributed by atoms with Crippen molar-refractivity contribution in [2.45, 2.75) is 38.5 Å². The van der Waals surface area contributed by atoms with Crippen LogP contribution in [0.4, 0.5) is 0 Å². The molecule has 1 fully saturated rings. The van der Waals surface area contributed by atoms with Gasteiger partial charge in [-0.15, -0.1) is 0 Å². The summed E-state index contributed by atoms with van der Waals surface area (Å²) in [5.74, 6) is 0.709. The Labute approximate surface area is 174 Å². The van der Waals surface area contributed by atoms with E-state index in [0.29, 0.717) is 11.4 Å². The highest BCUT2D eigenvalue weighted by molar-refractivity contribution is 6.01. The predicted octanol–water partition coefficient (Wildman–Crippen LogP) is 3.67. The van der Waals surface area contributed by atoms with Gasteiger partial charge in [0.1, 0.15) is 23.1 Å². The Hall–Kier alpha value is -3.21. The maximum Gasteiger partial charge on any atom is 0.139 e.